The molecule has 106 valence electrons. The maximum absolute atomic E-state index is 13.4. The van der Waals surface area contributed by atoms with Gasteiger partial charge in [0.2, 0.25) is 0 Å². The Labute approximate surface area is 130 Å². The summed E-state index contributed by atoms with van der Waals surface area (Å²) in [6.07, 6.45) is 0. The highest BCUT2D eigenvalue weighted by molar-refractivity contribution is 6.35. The van der Waals surface area contributed by atoms with E-state index in [2.05, 4.69) is 5.16 Å². The first-order valence-corrected chi connectivity index (χ1v) is 6.78. The quantitative estimate of drug-likeness (QED) is 0.719. The molecule has 3 nitrogen and oxygen atoms in total. The van der Waals surface area contributed by atoms with E-state index >= 15 is 0 Å². The molecule has 6 heteroatoms. The summed E-state index contributed by atoms with van der Waals surface area (Å²) in [4.78, 5) is 0. The van der Waals surface area contributed by atoms with E-state index in [4.69, 9.17) is 33.5 Å². The smallest absolute Gasteiger partial charge is 0.178 e. The second-order valence-corrected chi connectivity index (χ2v) is 5.25. The molecule has 2 aromatic carbocycles. The van der Waals surface area contributed by atoms with E-state index in [9.17, 15) is 4.39 Å². The van der Waals surface area contributed by atoms with Crippen molar-refractivity contribution in [1.82, 2.24) is 5.16 Å². The Bertz CT molecular complexity index is 817. The van der Waals surface area contributed by atoms with Gasteiger partial charge in [-0.25, -0.2) is 4.39 Å². The number of nitrogens with two attached hydrogens (primary N) is 1. The fraction of sp³-hybridized carbons (Fsp3) is 0. The fourth-order valence-electron chi connectivity index (χ4n) is 2.08. The molecule has 3 rings (SSSR count). The van der Waals surface area contributed by atoms with Crippen LogP contribution in [0, 0.1) is 5.82 Å². The lowest BCUT2D eigenvalue weighted by molar-refractivity contribution is 0.436. The lowest BCUT2D eigenvalue weighted by atomic mass is 10.0. The van der Waals surface area contributed by atoms with Gasteiger partial charge in [-0.15, -0.1) is 0 Å². The zero-order valence-corrected chi connectivity index (χ0v) is 12.1. The van der Waals surface area contributed by atoms with E-state index in [0.29, 0.717) is 32.5 Å². The van der Waals surface area contributed by atoms with Gasteiger partial charge in [-0.2, -0.15) is 0 Å². The molecule has 21 heavy (non-hydrogen) atoms. The largest absolute Gasteiger partial charge is 0.380 e. The summed E-state index contributed by atoms with van der Waals surface area (Å²) in [5, 5.41) is 4.68. The molecule has 0 amide bonds. The number of benzene rings is 2. The van der Waals surface area contributed by atoms with E-state index in [-0.39, 0.29) is 11.6 Å². The number of nitrogens with zero attached hydrogens (tertiary/aromatic N) is 1. The summed E-state index contributed by atoms with van der Waals surface area (Å²) in [6, 6.07) is 11.0. The number of rotatable bonds is 2. The van der Waals surface area contributed by atoms with Crippen LogP contribution >= 0.6 is 23.2 Å². The van der Waals surface area contributed by atoms with Crippen LogP contribution < -0.4 is 5.73 Å². The van der Waals surface area contributed by atoms with E-state index in [1.54, 1.807) is 30.3 Å². The number of anilines is 1. The average molecular weight is 323 g/mol. The van der Waals surface area contributed by atoms with Crippen molar-refractivity contribution in [3.63, 3.8) is 0 Å². The van der Waals surface area contributed by atoms with Crippen LogP contribution in [0.5, 0.6) is 0 Å². The predicted molar refractivity (Wildman–Crippen MR) is 81.8 cm³/mol. The lowest BCUT2D eigenvalue weighted by Gasteiger charge is -2.05. The van der Waals surface area contributed by atoms with Gasteiger partial charge in [-0.1, -0.05) is 40.5 Å². The molecule has 0 atom stereocenters. The first-order valence-electron chi connectivity index (χ1n) is 6.03. The first kappa shape index (κ1) is 13.9. The van der Waals surface area contributed by atoms with Crippen LogP contribution in [0.1, 0.15) is 0 Å². The van der Waals surface area contributed by atoms with Crippen molar-refractivity contribution in [2.75, 3.05) is 5.73 Å². The minimum Gasteiger partial charge on any atom is -0.380 e. The third-order valence-electron chi connectivity index (χ3n) is 3.00. The Balaban J connectivity index is 2.24. The molecule has 0 aliphatic carbocycles. The molecule has 2 N–H and O–H groups in total. The van der Waals surface area contributed by atoms with Gasteiger partial charge in [0.05, 0.1) is 10.6 Å². The molecular formula is C15H9Cl2FN2O. The van der Waals surface area contributed by atoms with E-state index in [1.807, 2.05) is 0 Å². The molecule has 0 bridgehead atoms. The maximum atomic E-state index is 13.4. The van der Waals surface area contributed by atoms with Crippen LogP contribution in [0.4, 0.5) is 10.2 Å². The number of aromatic nitrogens is 1. The molecule has 0 radical (unpaired) electrons. The normalized spacial score (nSPS) is 10.8. The number of nitrogen functional groups attached to an aromatic ring is 1. The van der Waals surface area contributed by atoms with E-state index < -0.39 is 0 Å². The van der Waals surface area contributed by atoms with Gasteiger partial charge in [-0.3, -0.25) is 0 Å². The summed E-state index contributed by atoms with van der Waals surface area (Å²) < 4.78 is 18.7. The van der Waals surface area contributed by atoms with Crippen molar-refractivity contribution < 1.29 is 8.91 Å². The summed E-state index contributed by atoms with van der Waals surface area (Å²) in [5.74, 6) is 0.133. The van der Waals surface area contributed by atoms with Crippen molar-refractivity contribution in [2.24, 2.45) is 0 Å². The van der Waals surface area contributed by atoms with Crippen LogP contribution in [0.3, 0.4) is 0 Å². The highest BCUT2D eigenvalue weighted by atomic mass is 35.5. The molecule has 1 aromatic heterocycles. The fourth-order valence-corrected chi connectivity index (χ4v) is 2.46. The van der Waals surface area contributed by atoms with E-state index in [1.165, 1.54) is 12.1 Å². The SMILES string of the molecule is Nc1noc(-c2cc(Cl)ccc2Cl)c1-c1cccc(F)c1. The number of halogens is 3. The van der Waals surface area contributed by atoms with Gasteiger partial charge < -0.3 is 10.3 Å². The maximum Gasteiger partial charge on any atom is 0.178 e. The molecule has 0 fully saturated rings. The summed E-state index contributed by atoms with van der Waals surface area (Å²) in [7, 11) is 0. The van der Waals surface area contributed by atoms with Gasteiger partial charge in [-0.05, 0) is 35.9 Å². The monoisotopic (exact) mass is 322 g/mol. The third kappa shape index (κ3) is 2.60. The van der Waals surface area contributed by atoms with Crippen molar-refractivity contribution in [2.45, 2.75) is 0 Å². The number of hydrogen-bond acceptors (Lipinski definition) is 3. The van der Waals surface area contributed by atoms with Gasteiger partial charge in [0.15, 0.2) is 11.6 Å². The molecule has 0 saturated carbocycles. The molecule has 0 spiro atoms. The summed E-state index contributed by atoms with van der Waals surface area (Å²) in [5.41, 5.74) is 7.43. The minimum absolute atomic E-state index is 0.159. The molecule has 0 aliphatic rings. The van der Waals surface area contributed by atoms with E-state index in [0.717, 1.165) is 0 Å². The Morgan fingerprint density at radius 2 is 1.90 bits per heavy atom. The lowest BCUT2D eigenvalue weighted by Crippen LogP contribution is -1.90. The van der Waals surface area contributed by atoms with Crippen molar-refractivity contribution in [3.8, 4) is 22.5 Å². The Kier molecular flexibility index (Phi) is 3.57. The van der Waals surface area contributed by atoms with Crippen LogP contribution in [0.15, 0.2) is 47.0 Å². The van der Waals surface area contributed by atoms with Gasteiger partial charge in [0.25, 0.3) is 0 Å². The molecule has 3 aromatic rings. The Morgan fingerprint density at radius 3 is 2.67 bits per heavy atom. The van der Waals surface area contributed by atoms with Gasteiger partial charge in [0, 0.05) is 10.6 Å². The van der Waals surface area contributed by atoms with Crippen molar-refractivity contribution >= 4 is 29.0 Å². The second kappa shape index (κ2) is 5.39. The summed E-state index contributed by atoms with van der Waals surface area (Å²) >= 11 is 12.2. The van der Waals surface area contributed by atoms with Gasteiger partial charge >= 0.3 is 0 Å². The van der Waals surface area contributed by atoms with Gasteiger partial charge in [0.1, 0.15) is 5.82 Å². The van der Waals surface area contributed by atoms with Crippen LogP contribution in [0.2, 0.25) is 10.0 Å². The van der Waals surface area contributed by atoms with Crippen LogP contribution in [-0.2, 0) is 0 Å². The van der Waals surface area contributed by atoms with Crippen LogP contribution in [0.25, 0.3) is 22.5 Å². The van der Waals surface area contributed by atoms with Crippen LogP contribution in [-0.4, -0.2) is 5.16 Å². The highest BCUT2D eigenvalue weighted by Crippen LogP contribution is 2.40. The Hall–Kier alpha value is -2.04. The molecule has 0 saturated heterocycles. The second-order valence-electron chi connectivity index (χ2n) is 4.41. The van der Waals surface area contributed by atoms with Crippen molar-refractivity contribution in [1.29, 1.82) is 0 Å². The molecule has 0 aliphatic heterocycles. The highest BCUT2D eigenvalue weighted by Gasteiger charge is 2.20. The molecule has 0 unspecified atom stereocenters. The Morgan fingerprint density at radius 1 is 1.10 bits per heavy atom. The zero-order valence-electron chi connectivity index (χ0n) is 10.6. The first-order chi connectivity index (χ1) is 10.1. The third-order valence-corrected chi connectivity index (χ3v) is 3.57. The predicted octanol–water partition coefficient (Wildman–Crippen LogP) is 5.04. The standard InChI is InChI=1S/C15H9Cl2FN2O/c16-9-4-5-12(17)11(7-9)14-13(15(19)20-21-14)8-2-1-3-10(18)6-8/h1-7H,(H2,19,20). The number of hydrogen-bond donors (Lipinski definition) is 1. The molecule has 1 heterocycles. The topological polar surface area (TPSA) is 52.0 Å². The molecular weight excluding hydrogens is 314 g/mol. The van der Waals surface area contributed by atoms with Crippen molar-refractivity contribution in [3.05, 3.63) is 58.3 Å². The zero-order chi connectivity index (χ0) is 15.0. The average Bonchev–Trinajstić information content (AvgIpc) is 2.83. The summed E-state index contributed by atoms with van der Waals surface area (Å²) in [6.45, 7) is 0. The minimum atomic E-state index is -0.378.